The van der Waals surface area contributed by atoms with E-state index in [2.05, 4.69) is 32.7 Å². The Labute approximate surface area is 168 Å². The zero-order chi connectivity index (χ0) is 20.7. The van der Waals surface area contributed by atoms with Crippen molar-refractivity contribution < 1.29 is 13.2 Å². The molecule has 0 aliphatic carbocycles. The highest BCUT2D eigenvalue weighted by atomic mass is 19.4. The first-order valence-electron chi connectivity index (χ1n) is 9.79. The van der Waals surface area contributed by atoms with E-state index in [1.54, 1.807) is 12.5 Å². The lowest BCUT2D eigenvalue weighted by Gasteiger charge is -2.19. The highest BCUT2D eigenvalue weighted by molar-refractivity contribution is 5.80. The van der Waals surface area contributed by atoms with Crippen LogP contribution in [0.5, 0.6) is 0 Å². The topological polar surface area (TPSA) is 57.5 Å². The number of aliphatic imine (C=N–C) groups is 1. The maximum atomic E-state index is 12.6. The van der Waals surface area contributed by atoms with E-state index in [1.807, 2.05) is 29.8 Å². The van der Waals surface area contributed by atoms with E-state index in [-0.39, 0.29) is 6.04 Å². The van der Waals surface area contributed by atoms with Crippen molar-refractivity contribution >= 4 is 5.96 Å². The van der Waals surface area contributed by atoms with Gasteiger partial charge in [0.15, 0.2) is 5.96 Å². The van der Waals surface area contributed by atoms with Gasteiger partial charge in [0.05, 0.1) is 19.4 Å². The lowest BCUT2D eigenvalue weighted by atomic mass is 10.1. The van der Waals surface area contributed by atoms with Gasteiger partial charge >= 0.3 is 6.18 Å². The van der Waals surface area contributed by atoms with Gasteiger partial charge in [0.2, 0.25) is 0 Å². The molecule has 2 aromatic rings. The van der Waals surface area contributed by atoms with E-state index in [0.717, 1.165) is 17.7 Å². The van der Waals surface area contributed by atoms with Crippen LogP contribution in [0.3, 0.4) is 0 Å². The van der Waals surface area contributed by atoms with E-state index in [9.17, 15) is 13.2 Å². The van der Waals surface area contributed by atoms with Crippen LogP contribution in [0.15, 0.2) is 48.0 Å². The summed E-state index contributed by atoms with van der Waals surface area (Å²) < 4.78 is 39.7. The van der Waals surface area contributed by atoms with E-state index < -0.39 is 12.7 Å². The summed E-state index contributed by atoms with van der Waals surface area (Å²) in [5.41, 5.74) is 2.23. The van der Waals surface area contributed by atoms with Gasteiger partial charge in [-0.15, -0.1) is 0 Å². The Morgan fingerprint density at radius 2 is 2.14 bits per heavy atom. The fourth-order valence-electron chi connectivity index (χ4n) is 3.45. The molecule has 0 amide bonds. The molecule has 1 unspecified atom stereocenters. The highest BCUT2D eigenvalue weighted by Crippen LogP contribution is 2.20. The number of imidazole rings is 1. The maximum absolute atomic E-state index is 12.6. The first-order chi connectivity index (χ1) is 13.9. The molecule has 3 rings (SSSR count). The van der Waals surface area contributed by atoms with Crippen molar-refractivity contribution in [2.45, 2.75) is 38.7 Å². The van der Waals surface area contributed by atoms with E-state index in [1.165, 1.54) is 4.90 Å². The van der Waals surface area contributed by atoms with Crippen molar-refractivity contribution in [3.05, 3.63) is 54.1 Å². The number of guanidine groups is 1. The molecule has 0 saturated carbocycles. The molecule has 1 aliphatic rings. The quantitative estimate of drug-likeness (QED) is 0.546. The lowest BCUT2D eigenvalue weighted by Crippen LogP contribution is -2.45. The molecule has 1 aromatic heterocycles. The number of benzene rings is 1. The zero-order valence-electron chi connectivity index (χ0n) is 16.5. The summed E-state index contributed by atoms with van der Waals surface area (Å²) in [6.45, 7) is 3.83. The van der Waals surface area contributed by atoms with Crippen molar-refractivity contribution in [2.24, 2.45) is 4.99 Å². The molecule has 2 N–H and O–H groups in total. The Bertz CT molecular complexity index is 788. The third-order valence-electron chi connectivity index (χ3n) is 4.70. The zero-order valence-corrected chi connectivity index (χ0v) is 16.5. The molecule has 9 heteroatoms. The van der Waals surface area contributed by atoms with Crippen molar-refractivity contribution in [3.8, 4) is 0 Å². The molecule has 2 heterocycles. The molecule has 1 saturated heterocycles. The van der Waals surface area contributed by atoms with Crippen LogP contribution < -0.4 is 10.6 Å². The standard InChI is InChI=1S/C20H27F3N6/c1-2-25-19(27-18-6-8-28(13-18)14-20(21,22)23)26-11-16-4-3-5-17(10-16)12-29-9-7-24-15-29/h3-5,7,9-10,15,18H,2,6,8,11-14H2,1H3,(H2,25,26,27). The number of halogens is 3. The summed E-state index contributed by atoms with van der Waals surface area (Å²) in [5.74, 6) is 0.631. The minimum absolute atomic E-state index is 0.0391. The van der Waals surface area contributed by atoms with Crippen LogP contribution in [0.25, 0.3) is 0 Å². The highest BCUT2D eigenvalue weighted by Gasteiger charge is 2.34. The van der Waals surface area contributed by atoms with Crippen LogP contribution >= 0.6 is 0 Å². The molecule has 1 aromatic carbocycles. The second-order valence-corrected chi connectivity index (χ2v) is 7.23. The number of alkyl halides is 3. The number of rotatable bonds is 7. The molecular weight excluding hydrogens is 381 g/mol. The number of nitrogens with zero attached hydrogens (tertiary/aromatic N) is 4. The maximum Gasteiger partial charge on any atom is 0.401 e. The normalized spacial score (nSPS) is 18.2. The van der Waals surface area contributed by atoms with Crippen LogP contribution in [0, 0.1) is 0 Å². The Morgan fingerprint density at radius 3 is 2.86 bits per heavy atom. The fourth-order valence-corrected chi connectivity index (χ4v) is 3.45. The molecular formula is C20H27F3N6. The molecule has 158 valence electrons. The first kappa shape index (κ1) is 21.2. The molecule has 1 aliphatic heterocycles. The second kappa shape index (κ2) is 9.78. The minimum Gasteiger partial charge on any atom is -0.357 e. The smallest absolute Gasteiger partial charge is 0.357 e. The summed E-state index contributed by atoms with van der Waals surface area (Å²) in [6, 6.07) is 8.15. The second-order valence-electron chi connectivity index (χ2n) is 7.23. The van der Waals surface area contributed by atoms with Gasteiger partial charge < -0.3 is 15.2 Å². The predicted molar refractivity (Wildman–Crippen MR) is 107 cm³/mol. The Kier molecular flexibility index (Phi) is 7.13. The third kappa shape index (κ3) is 7.08. The molecule has 1 atom stereocenters. The Balaban J connectivity index is 1.57. The average molecular weight is 408 g/mol. The summed E-state index contributed by atoms with van der Waals surface area (Å²) >= 11 is 0. The number of hydrogen-bond donors (Lipinski definition) is 2. The predicted octanol–water partition coefficient (Wildman–Crippen LogP) is 2.62. The SMILES string of the molecule is CCNC(=NCc1cccc(Cn2ccnc2)c1)NC1CCN(CC(F)(F)F)C1. The average Bonchev–Trinajstić information content (AvgIpc) is 3.31. The number of hydrogen-bond acceptors (Lipinski definition) is 3. The number of likely N-dealkylation sites (tertiary alicyclic amines) is 1. The number of aromatic nitrogens is 2. The first-order valence-corrected chi connectivity index (χ1v) is 9.79. The monoisotopic (exact) mass is 408 g/mol. The van der Waals surface area contributed by atoms with Gasteiger partial charge in [-0.1, -0.05) is 24.3 Å². The van der Waals surface area contributed by atoms with Gasteiger partial charge in [-0.05, 0) is 24.5 Å². The Morgan fingerprint density at radius 1 is 1.31 bits per heavy atom. The van der Waals surface area contributed by atoms with Crippen molar-refractivity contribution in [2.75, 3.05) is 26.2 Å². The van der Waals surface area contributed by atoms with Crippen LogP contribution in [-0.4, -0.2) is 58.8 Å². The van der Waals surface area contributed by atoms with Crippen molar-refractivity contribution in [1.82, 2.24) is 25.1 Å². The summed E-state index contributed by atoms with van der Waals surface area (Å²) in [5, 5.41) is 6.45. The third-order valence-corrected chi connectivity index (χ3v) is 4.70. The largest absolute Gasteiger partial charge is 0.401 e. The molecule has 0 radical (unpaired) electrons. The van der Waals surface area contributed by atoms with E-state index in [0.29, 0.717) is 38.6 Å². The number of nitrogens with one attached hydrogen (secondary N) is 2. The van der Waals surface area contributed by atoms with Crippen LogP contribution in [0.1, 0.15) is 24.5 Å². The molecule has 0 spiro atoms. The summed E-state index contributed by atoms with van der Waals surface area (Å²) in [7, 11) is 0. The van der Waals surface area contributed by atoms with Gasteiger partial charge in [0.25, 0.3) is 0 Å². The molecule has 0 bridgehead atoms. The van der Waals surface area contributed by atoms with Crippen LogP contribution in [0.2, 0.25) is 0 Å². The Hall–Kier alpha value is -2.55. The van der Waals surface area contributed by atoms with Crippen LogP contribution in [-0.2, 0) is 13.1 Å². The summed E-state index contributed by atoms with van der Waals surface area (Å²) in [6.07, 6.45) is 1.96. The van der Waals surface area contributed by atoms with Crippen molar-refractivity contribution in [3.63, 3.8) is 0 Å². The van der Waals surface area contributed by atoms with Crippen molar-refractivity contribution in [1.29, 1.82) is 0 Å². The summed E-state index contributed by atoms with van der Waals surface area (Å²) in [4.78, 5) is 10.1. The van der Waals surface area contributed by atoms with Gasteiger partial charge in [0.1, 0.15) is 0 Å². The van der Waals surface area contributed by atoms with Gasteiger partial charge in [-0.25, -0.2) is 9.98 Å². The van der Waals surface area contributed by atoms with Crippen LogP contribution in [0.4, 0.5) is 13.2 Å². The van der Waals surface area contributed by atoms with Gasteiger partial charge in [0, 0.05) is 44.6 Å². The fraction of sp³-hybridized carbons (Fsp3) is 0.500. The minimum atomic E-state index is -4.16. The van der Waals surface area contributed by atoms with E-state index >= 15 is 0 Å². The van der Waals surface area contributed by atoms with Gasteiger partial charge in [-0.3, -0.25) is 4.90 Å². The lowest BCUT2D eigenvalue weighted by molar-refractivity contribution is -0.143. The molecule has 6 nitrogen and oxygen atoms in total. The molecule has 29 heavy (non-hydrogen) atoms. The van der Waals surface area contributed by atoms with Gasteiger partial charge in [-0.2, -0.15) is 13.2 Å². The molecule has 1 fully saturated rings. The van der Waals surface area contributed by atoms with E-state index in [4.69, 9.17) is 0 Å².